The number of halogens is 3. The average molecular weight is 700 g/mol. The Morgan fingerprint density at radius 3 is 2.55 bits per heavy atom. The monoisotopic (exact) mass is 699 g/mol. The zero-order valence-corrected chi connectivity index (χ0v) is 27.9. The van der Waals surface area contributed by atoms with E-state index in [1.54, 1.807) is 4.90 Å². The van der Waals surface area contributed by atoms with Crippen molar-refractivity contribution in [2.75, 3.05) is 51.3 Å². The molecule has 0 bridgehead atoms. The van der Waals surface area contributed by atoms with Crippen molar-refractivity contribution in [3.05, 3.63) is 59.1 Å². The predicted molar refractivity (Wildman–Crippen MR) is 187 cm³/mol. The van der Waals surface area contributed by atoms with E-state index in [1.165, 1.54) is 25.3 Å². The molecule has 1 amide bonds. The number of carbonyl (C=O) groups is 1. The Labute approximate surface area is 291 Å². The van der Waals surface area contributed by atoms with Gasteiger partial charge in [0.25, 0.3) is 5.91 Å². The van der Waals surface area contributed by atoms with Crippen LogP contribution in [0.2, 0.25) is 0 Å². The summed E-state index contributed by atoms with van der Waals surface area (Å²) in [5.74, 6) is -2.21. The van der Waals surface area contributed by atoms with Crippen molar-refractivity contribution in [3.63, 3.8) is 0 Å². The van der Waals surface area contributed by atoms with Gasteiger partial charge in [-0.15, -0.1) is 6.42 Å². The van der Waals surface area contributed by atoms with Gasteiger partial charge in [-0.3, -0.25) is 14.7 Å². The van der Waals surface area contributed by atoms with Crippen LogP contribution in [0.4, 0.5) is 19.0 Å². The fraction of sp³-hybridized carbons (Fsp3) is 0.351. The number of phenolic OH excluding ortho intramolecular Hbond substituents is 1. The topological polar surface area (TPSA) is 152 Å². The van der Waals surface area contributed by atoms with Crippen molar-refractivity contribution >= 4 is 39.1 Å². The molecule has 3 aliphatic rings. The summed E-state index contributed by atoms with van der Waals surface area (Å²) >= 11 is 0. The number of aromatic nitrogens is 2. The van der Waals surface area contributed by atoms with Crippen LogP contribution in [0.25, 0.3) is 32.8 Å². The molecule has 0 spiro atoms. The number of phenols is 1. The van der Waals surface area contributed by atoms with E-state index in [0.29, 0.717) is 25.2 Å². The number of aliphatic imine (C=N–C) groups is 1. The number of anilines is 1. The quantitative estimate of drug-likeness (QED) is 0.178. The zero-order valence-electron chi connectivity index (χ0n) is 27.9. The number of ether oxygens (including phenoxy) is 2. The molecule has 0 atom stereocenters. The van der Waals surface area contributed by atoms with Crippen LogP contribution < -0.4 is 25.8 Å². The third-order valence-electron chi connectivity index (χ3n) is 10.1. The Bertz CT molecular complexity index is 2190. The molecule has 5 N–H and O–H groups in total. The first-order valence-corrected chi connectivity index (χ1v) is 16.7. The molecular weight excluding hydrogens is 663 g/mol. The van der Waals surface area contributed by atoms with Crippen LogP contribution >= 0.6 is 0 Å². The van der Waals surface area contributed by atoms with E-state index in [4.69, 9.17) is 32.3 Å². The summed E-state index contributed by atoms with van der Waals surface area (Å²) in [5, 5.41) is 10.8. The minimum absolute atomic E-state index is 0.0223. The molecule has 2 fully saturated rings. The molecule has 4 heterocycles. The van der Waals surface area contributed by atoms with Gasteiger partial charge < -0.3 is 30.9 Å². The minimum atomic E-state index is -1.15. The van der Waals surface area contributed by atoms with Crippen LogP contribution in [0.5, 0.6) is 17.5 Å². The molecule has 4 aromatic rings. The van der Waals surface area contributed by atoms with Crippen LogP contribution in [-0.4, -0.2) is 83.6 Å². The van der Waals surface area contributed by atoms with E-state index >= 15 is 13.2 Å². The lowest BCUT2D eigenvalue weighted by atomic mass is 9.92. The number of hydrogen-bond acceptors (Lipinski definition) is 10. The molecule has 2 saturated heterocycles. The Morgan fingerprint density at radius 2 is 1.84 bits per heavy atom. The second kappa shape index (κ2) is 13.3. The van der Waals surface area contributed by atoms with Crippen LogP contribution in [-0.2, 0) is 4.79 Å². The second-order valence-electron chi connectivity index (χ2n) is 13.1. The maximum Gasteiger partial charge on any atom is 0.319 e. The third-order valence-corrected chi connectivity index (χ3v) is 10.1. The smallest absolute Gasteiger partial charge is 0.319 e. The number of terminal acetylenes is 1. The van der Waals surface area contributed by atoms with Crippen molar-refractivity contribution < 1.29 is 32.5 Å². The fourth-order valence-corrected chi connectivity index (χ4v) is 7.71. The lowest BCUT2D eigenvalue weighted by Gasteiger charge is -2.31. The van der Waals surface area contributed by atoms with E-state index < -0.39 is 34.7 Å². The Morgan fingerprint density at radius 1 is 1.08 bits per heavy atom. The summed E-state index contributed by atoms with van der Waals surface area (Å²) in [6.45, 7) is 2.94. The fourth-order valence-electron chi connectivity index (χ4n) is 7.71. The average Bonchev–Trinajstić information content (AvgIpc) is 3.61. The third kappa shape index (κ3) is 5.91. The van der Waals surface area contributed by atoms with Crippen LogP contribution in [0.3, 0.4) is 0 Å². The van der Waals surface area contributed by atoms with Crippen LogP contribution in [0.1, 0.15) is 37.7 Å². The summed E-state index contributed by atoms with van der Waals surface area (Å²) in [4.78, 5) is 29.6. The highest BCUT2D eigenvalue weighted by atomic mass is 19.1. The number of benzene rings is 3. The minimum Gasteiger partial charge on any atom is -0.508 e. The van der Waals surface area contributed by atoms with Gasteiger partial charge in [0.15, 0.2) is 17.4 Å². The second-order valence-corrected chi connectivity index (χ2v) is 13.1. The van der Waals surface area contributed by atoms with Gasteiger partial charge in [0.2, 0.25) is 0 Å². The molecule has 3 aliphatic heterocycles. The molecule has 264 valence electrons. The number of hydrogen-bond donors (Lipinski definition) is 3. The van der Waals surface area contributed by atoms with Gasteiger partial charge in [-0.25, -0.2) is 13.2 Å². The van der Waals surface area contributed by atoms with Gasteiger partial charge in [0, 0.05) is 24.0 Å². The van der Waals surface area contributed by atoms with E-state index in [9.17, 15) is 9.90 Å². The van der Waals surface area contributed by atoms with E-state index in [-0.39, 0.29) is 74.8 Å². The Balaban J connectivity index is 1.47. The standard InChI is InChI=1S/C37H36F3N7O4/c1-3-23-25(38)8-7-20-15-22(48)17-24(27(20)23)28-30(39)32-29(33(50-2)31(28)40)35(46-12-6-11-43-21(18-46)16-26(41)34(42)49)45-36(44-32)51-19-37-9-4-13-47(37)14-5-10-37/h1,7-8,15-17,48H,4-6,9-14,18-19,41H2,2H3,(H2,42,49)/b26-16-. The molecule has 51 heavy (non-hydrogen) atoms. The van der Waals surface area contributed by atoms with Crippen molar-refractivity contribution in [2.24, 2.45) is 16.5 Å². The number of fused-ring (bicyclic) bond motifs is 3. The van der Waals surface area contributed by atoms with Crippen molar-refractivity contribution in [1.82, 2.24) is 14.9 Å². The van der Waals surface area contributed by atoms with Crippen molar-refractivity contribution in [2.45, 2.75) is 37.6 Å². The number of methoxy groups -OCH3 is 1. The number of nitrogens with zero attached hydrogens (tertiary/aromatic N) is 5. The Hall–Kier alpha value is -5.55. The molecule has 0 radical (unpaired) electrons. The number of aromatic hydroxyl groups is 1. The molecule has 11 nitrogen and oxygen atoms in total. The molecule has 3 aromatic carbocycles. The lowest BCUT2D eigenvalue weighted by Crippen LogP contribution is -2.43. The molecule has 0 saturated carbocycles. The molecule has 7 rings (SSSR count). The number of rotatable bonds is 8. The number of carbonyl (C=O) groups excluding carboxylic acids is 1. The number of nitrogens with two attached hydrogens (primary N) is 2. The highest BCUT2D eigenvalue weighted by Crippen LogP contribution is 2.46. The van der Waals surface area contributed by atoms with Gasteiger partial charge in [-0.1, -0.05) is 12.0 Å². The largest absolute Gasteiger partial charge is 0.508 e. The normalized spacial score (nSPS) is 17.7. The van der Waals surface area contributed by atoms with E-state index in [2.05, 4.69) is 20.8 Å². The van der Waals surface area contributed by atoms with Gasteiger partial charge in [-0.05, 0) is 74.9 Å². The summed E-state index contributed by atoms with van der Waals surface area (Å²) in [7, 11) is 1.22. The molecule has 0 aliphatic carbocycles. The maximum atomic E-state index is 17.2. The van der Waals surface area contributed by atoms with Gasteiger partial charge in [-0.2, -0.15) is 9.97 Å². The number of primary amides is 1. The Kier molecular flexibility index (Phi) is 8.84. The first kappa shape index (κ1) is 33.9. The van der Waals surface area contributed by atoms with Gasteiger partial charge in [0.05, 0.1) is 47.1 Å². The highest BCUT2D eigenvalue weighted by Gasteiger charge is 2.45. The number of amides is 1. The summed E-state index contributed by atoms with van der Waals surface area (Å²) in [6.07, 6.45) is 11.5. The maximum absolute atomic E-state index is 17.2. The molecular formula is C37H36F3N7O4. The van der Waals surface area contributed by atoms with E-state index in [1.807, 2.05) is 0 Å². The van der Waals surface area contributed by atoms with Gasteiger partial charge in [0.1, 0.15) is 29.5 Å². The van der Waals surface area contributed by atoms with Crippen LogP contribution in [0.15, 0.2) is 41.0 Å². The molecule has 0 unspecified atom stereocenters. The van der Waals surface area contributed by atoms with Crippen LogP contribution in [0, 0.1) is 29.8 Å². The van der Waals surface area contributed by atoms with Gasteiger partial charge >= 0.3 is 6.01 Å². The SMILES string of the molecule is C#Cc1c(F)ccc2cc(O)cc(-c3c(F)c(OC)c4c(N5CCCN=C(/C=C(\N)C(N)=O)C5)nc(OCC56CCCN5CCC6)nc4c3F)c12. The summed E-state index contributed by atoms with van der Waals surface area (Å²) in [6, 6.07) is 4.79. The summed E-state index contributed by atoms with van der Waals surface area (Å²) in [5.41, 5.74) is 9.81. The molecule has 14 heteroatoms. The van der Waals surface area contributed by atoms with Crippen molar-refractivity contribution in [3.8, 4) is 41.0 Å². The molecule has 1 aromatic heterocycles. The first-order chi connectivity index (χ1) is 24.5. The van der Waals surface area contributed by atoms with E-state index in [0.717, 1.165) is 50.9 Å². The summed E-state index contributed by atoms with van der Waals surface area (Å²) < 4.78 is 61.1. The first-order valence-electron chi connectivity index (χ1n) is 16.7. The lowest BCUT2D eigenvalue weighted by molar-refractivity contribution is -0.114. The predicted octanol–water partition coefficient (Wildman–Crippen LogP) is 4.55. The van der Waals surface area contributed by atoms with Crippen molar-refractivity contribution in [1.29, 1.82) is 0 Å². The zero-order chi connectivity index (χ0) is 36.0. The highest BCUT2D eigenvalue weighted by molar-refractivity contribution is 6.08.